The van der Waals surface area contributed by atoms with Gasteiger partial charge in [-0.1, -0.05) is 0 Å². The summed E-state index contributed by atoms with van der Waals surface area (Å²) in [5, 5.41) is 0. The van der Waals surface area contributed by atoms with Crippen LogP contribution >= 0.6 is 0 Å². The molecule has 0 radical (unpaired) electrons. The second-order valence-corrected chi connectivity index (χ2v) is 2.47. The van der Waals surface area contributed by atoms with Crippen LogP contribution in [0.15, 0.2) is 4.99 Å². The summed E-state index contributed by atoms with van der Waals surface area (Å²) in [6.07, 6.45) is 0. The van der Waals surface area contributed by atoms with E-state index in [4.69, 9.17) is 5.73 Å². The fourth-order valence-electron chi connectivity index (χ4n) is 0.635. The van der Waals surface area contributed by atoms with Gasteiger partial charge in [0.1, 0.15) is 0 Å². The summed E-state index contributed by atoms with van der Waals surface area (Å²) in [7, 11) is 3.79. The third-order valence-electron chi connectivity index (χ3n) is 1.84. The van der Waals surface area contributed by atoms with Crippen LogP contribution in [0.4, 0.5) is 0 Å². The first kappa shape index (κ1) is 9.43. The standard InChI is InChI=1S/C7H17N3/c1-6(5-8)10(4)7(2)9-3/h6H,5,8H2,1-4H3/b9-7+/t6-/m1/s1. The van der Waals surface area contributed by atoms with Crippen LogP contribution < -0.4 is 5.73 Å². The molecule has 0 heterocycles. The van der Waals surface area contributed by atoms with Crippen molar-refractivity contribution in [3.05, 3.63) is 0 Å². The zero-order valence-corrected chi connectivity index (χ0v) is 7.26. The van der Waals surface area contributed by atoms with Crippen LogP contribution in [0.1, 0.15) is 13.8 Å². The fourth-order valence-corrected chi connectivity index (χ4v) is 0.635. The van der Waals surface area contributed by atoms with E-state index in [9.17, 15) is 0 Å². The van der Waals surface area contributed by atoms with Gasteiger partial charge in [0.15, 0.2) is 0 Å². The van der Waals surface area contributed by atoms with Gasteiger partial charge in [0.25, 0.3) is 0 Å². The summed E-state index contributed by atoms with van der Waals surface area (Å²) in [5.74, 6) is 1.03. The van der Waals surface area contributed by atoms with Crippen LogP contribution in [-0.4, -0.2) is 37.4 Å². The number of nitrogens with zero attached hydrogens (tertiary/aromatic N) is 2. The van der Waals surface area contributed by atoms with E-state index >= 15 is 0 Å². The van der Waals surface area contributed by atoms with Crippen LogP contribution in [0.3, 0.4) is 0 Å². The van der Waals surface area contributed by atoms with Gasteiger partial charge in [0.05, 0.1) is 5.84 Å². The highest BCUT2D eigenvalue weighted by molar-refractivity contribution is 5.79. The van der Waals surface area contributed by atoms with Gasteiger partial charge in [0, 0.05) is 26.7 Å². The Bertz CT molecular complexity index is 120. The summed E-state index contributed by atoms with van der Waals surface area (Å²) in [5.41, 5.74) is 5.47. The molecule has 0 aromatic rings. The molecule has 3 nitrogen and oxygen atoms in total. The highest BCUT2D eigenvalue weighted by atomic mass is 15.2. The molecule has 3 heteroatoms. The van der Waals surface area contributed by atoms with Crippen molar-refractivity contribution in [2.24, 2.45) is 10.7 Å². The lowest BCUT2D eigenvalue weighted by Gasteiger charge is -2.24. The molecule has 0 saturated heterocycles. The maximum absolute atomic E-state index is 5.47. The number of amidine groups is 1. The normalized spacial score (nSPS) is 15.1. The average Bonchev–Trinajstić information content (AvgIpc) is 2.00. The predicted octanol–water partition coefficient (Wildman–Crippen LogP) is 0.314. The van der Waals surface area contributed by atoms with Crippen LogP contribution in [0.2, 0.25) is 0 Å². The van der Waals surface area contributed by atoms with Crippen molar-refractivity contribution in [2.75, 3.05) is 20.6 Å². The molecule has 1 atom stereocenters. The molecule has 0 saturated carbocycles. The molecule has 60 valence electrons. The van der Waals surface area contributed by atoms with Crippen molar-refractivity contribution < 1.29 is 0 Å². The molecule has 0 amide bonds. The zero-order valence-electron chi connectivity index (χ0n) is 7.26. The summed E-state index contributed by atoms with van der Waals surface area (Å²) in [6.45, 7) is 4.73. The van der Waals surface area contributed by atoms with Gasteiger partial charge < -0.3 is 10.6 Å². The SMILES string of the molecule is C/N=C(\C)N(C)[C@H](C)CN. The number of hydrogen-bond donors (Lipinski definition) is 1. The molecule has 0 aliphatic heterocycles. The highest BCUT2D eigenvalue weighted by Gasteiger charge is 2.06. The maximum Gasteiger partial charge on any atom is 0.0954 e. The Balaban J connectivity index is 3.94. The van der Waals surface area contributed by atoms with Crippen molar-refractivity contribution >= 4 is 5.84 Å². The fraction of sp³-hybridized carbons (Fsp3) is 0.857. The van der Waals surface area contributed by atoms with Gasteiger partial charge in [-0.25, -0.2) is 0 Å². The van der Waals surface area contributed by atoms with E-state index in [0.717, 1.165) is 5.84 Å². The zero-order chi connectivity index (χ0) is 8.15. The van der Waals surface area contributed by atoms with Crippen molar-refractivity contribution in [3.63, 3.8) is 0 Å². The molecule has 2 N–H and O–H groups in total. The molecule has 0 aromatic heterocycles. The Labute approximate surface area is 62.9 Å². The van der Waals surface area contributed by atoms with Crippen LogP contribution in [0.25, 0.3) is 0 Å². The number of aliphatic imine (C=N–C) groups is 1. The Morgan fingerprint density at radius 2 is 2.20 bits per heavy atom. The third-order valence-corrected chi connectivity index (χ3v) is 1.84. The Kier molecular flexibility index (Phi) is 4.03. The minimum Gasteiger partial charge on any atom is -0.360 e. The molecule has 0 aliphatic carbocycles. The molecule has 0 unspecified atom stereocenters. The minimum absolute atomic E-state index is 0.378. The minimum atomic E-state index is 0.378. The summed E-state index contributed by atoms with van der Waals surface area (Å²) >= 11 is 0. The van der Waals surface area contributed by atoms with Crippen molar-refractivity contribution in [3.8, 4) is 0 Å². The van der Waals surface area contributed by atoms with Crippen LogP contribution in [-0.2, 0) is 0 Å². The molecular weight excluding hydrogens is 126 g/mol. The Morgan fingerprint density at radius 3 is 2.50 bits per heavy atom. The van der Waals surface area contributed by atoms with E-state index in [2.05, 4.69) is 16.8 Å². The summed E-state index contributed by atoms with van der Waals surface area (Å²) in [4.78, 5) is 6.11. The van der Waals surface area contributed by atoms with E-state index in [1.807, 2.05) is 14.0 Å². The van der Waals surface area contributed by atoms with Crippen molar-refractivity contribution in [1.29, 1.82) is 0 Å². The number of rotatable bonds is 2. The largest absolute Gasteiger partial charge is 0.360 e. The summed E-state index contributed by atoms with van der Waals surface area (Å²) < 4.78 is 0. The smallest absolute Gasteiger partial charge is 0.0954 e. The van der Waals surface area contributed by atoms with E-state index in [1.165, 1.54) is 0 Å². The van der Waals surface area contributed by atoms with Gasteiger partial charge in [-0.15, -0.1) is 0 Å². The molecule has 0 aromatic carbocycles. The number of hydrogen-bond acceptors (Lipinski definition) is 2. The number of nitrogens with two attached hydrogens (primary N) is 1. The van der Waals surface area contributed by atoms with E-state index in [1.54, 1.807) is 7.05 Å². The van der Waals surface area contributed by atoms with Gasteiger partial charge >= 0.3 is 0 Å². The van der Waals surface area contributed by atoms with Gasteiger partial charge in [-0.05, 0) is 13.8 Å². The average molecular weight is 143 g/mol. The van der Waals surface area contributed by atoms with E-state index < -0.39 is 0 Å². The molecule has 0 aliphatic rings. The van der Waals surface area contributed by atoms with Crippen molar-refractivity contribution in [1.82, 2.24) is 4.90 Å². The maximum atomic E-state index is 5.47. The van der Waals surface area contributed by atoms with E-state index in [0.29, 0.717) is 12.6 Å². The molecule has 0 spiro atoms. The van der Waals surface area contributed by atoms with Crippen LogP contribution in [0, 0.1) is 0 Å². The lowest BCUT2D eigenvalue weighted by atomic mass is 10.3. The lowest BCUT2D eigenvalue weighted by Crippen LogP contribution is -2.38. The first-order valence-electron chi connectivity index (χ1n) is 3.49. The summed E-state index contributed by atoms with van der Waals surface area (Å²) in [6, 6.07) is 0.378. The van der Waals surface area contributed by atoms with Gasteiger partial charge in [-0.2, -0.15) is 0 Å². The second kappa shape index (κ2) is 4.28. The first-order valence-corrected chi connectivity index (χ1v) is 3.49. The highest BCUT2D eigenvalue weighted by Crippen LogP contribution is 1.93. The Hall–Kier alpha value is -0.570. The Morgan fingerprint density at radius 1 is 1.70 bits per heavy atom. The topological polar surface area (TPSA) is 41.6 Å². The first-order chi connectivity index (χ1) is 4.63. The quantitative estimate of drug-likeness (QED) is 0.446. The van der Waals surface area contributed by atoms with Crippen molar-refractivity contribution in [2.45, 2.75) is 19.9 Å². The predicted molar refractivity (Wildman–Crippen MR) is 45.3 cm³/mol. The molecule has 0 fully saturated rings. The second-order valence-electron chi connectivity index (χ2n) is 2.47. The third kappa shape index (κ3) is 2.35. The van der Waals surface area contributed by atoms with Crippen LogP contribution in [0.5, 0.6) is 0 Å². The molecular formula is C7H17N3. The van der Waals surface area contributed by atoms with Gasteiger partial charge in [-0.3, -0.25) is 4.99 Å². The van der Waals surface area contributed by atoms with E-state index in [-0.39, 0.29) is 0 Å². The van der Waals surface area contributed by atoms with Gasteiger partial charge in [0.2, 0.25) is 0 Å². The monoisotopic (exact) mass is 143 g/mol. The number of likely N-dealkylation sites (N-methyl/N-ethyl adjacent to an activating group) is 1. The molecule has 0 bridgehead atoms. The molecule has 0 rings (SSSR count). The lowest BCUT2D eigenvalue weighted by molar-refractivity contribution is 0.395. The molecule has 10 heavy (non-hydrogen) atoms.